The smallest absolute Gasteiger partial charge is 0.318 e. The largest absolute Gasteiger partial charge is 0.480 e. The van der Waals surface area contributed by atoms with Gasteiger partial charge in [-0.05, 0) is 25.9 Å². The second-order valence-electron chi connectivity index (χ2n) is 4.24. The maximum atomic E-state index is 11.8. The highest BCUT2D eigenvalue weighted by molar-refractivity contribution is 6.10. The van der Waals surface area contributed by atoms with Gasteiger partial charge in [-0.3, -0.25) is 14.5 Å². The Hall–Kier alpha value is -1.42. The molecule has 86 valence electrons. The van der Waals surface area contributed by atoms with Crippen molar-refractivity contribution in [2.75, 3.05) is 19.6 Å². The first-order valence-corrected chi connectivity index (χ1v) is 5.55. The molecule has 4 nitrogen and oxygen atoms in total. The molecule has 1 saturated heterocycles. The van der Waals surface area contributed by atoms with Crippen LogP contribution in [0.4, 0.5) is 0 Å². The number of Topliss-reactive ketones (excluding diaryl/α,β-unsaturated/α-hetero) is 1. The molecule has 2 aliphatic rings. The average molecular weight is 221 g/mol. The maximum Gasteiger partial charge on any atom is 0.318 e. The van der Waals surface area contributed by atoms with Crippen LogP contribution in [0.15, 0.2) is 23.8 Å². The first-order valence-electron chi connectivity index (χ1n) is 5.55. The molecule has 0 aromatic carbocycles. The number of aliphatic carboxylic acids is 1. The van der Waals surface area contributed by atoms with Gasteiger partial charge in [0, 0.05) is 12.1 Å². The zero-order chi connectivity index (χ0) is 11.5. The minimum absolute atomic E-state index is 0.262. The predicted molar refractivity (Wildman–Crippen MR) is 59.0 cm³/mol. The van der Waals surface area contributed by atoms with E-state index >= 15 is 0 Å². The van der Waals surface area contributed by atoms with Gasteiger partial charge in [-0.25, -0.2) is 0 Å². The zero-order valence-corrected chi connectivity index (χ0v) is 9.06. The van der Waals surface area contributed by atoms with Crippen LogP contribution in [0.3, 0.4) is 0 Å². The highest BCUT2D eigenvalue weighted by atomic mass is 16.4. The minimum Gasteiger partial charge on any atom is -0.480 e. The topological polar surface area (TPSA) is 57.6 Å². The van der Waals surface area contributed by atoms with Crippen molar-refractivity contribution in [3.63, 3.8) is 0 Å². The summed E-state index contributed by atoms with van der Waals surface area (Å²) < 4.78 is 0. The highest BCUT2D eigenvalue weighted by Gasteiger charge is 2.29. The lowest BCUT2D eigenvalue weighted by atomic mass is 9.92. The molecule has 0 bridgehead atoms. The van der Waals surface area contributed by atoms with Crippen LogP contribution in [0.1, 0.15) is 12.8 Å². The Morgan fingerprint density at radius 3 is 2.75 bits per heavy atom. The van der Waals surface area contributed by atoms with Crippen LogP contribution in [-0.4, -0.2) is 41.4 Å². The number of carboxylic acid groups (broad SMARTS) is 1. The Labute approximate surface area is 94.2 Å². The van der Waals surface area contributed by atoms with Crippen molar-refractivity contribution in [1.82, 2.24) is 4.90 Å². The van der Waals surface area contributed by atoms with Gasteiger partial charge in [-0.2, -0.15) is 0 Å². The summed E-state index contributed by atoms with van der Waals surface area (Å²) in [4.78, 5) is 24.9. The summed E-state index contributed by atoms with van der Waals surface area (Å²) in [6.07, 6.45) is 7.18. The summed E-state index contributed by atoms with van der Waals surface area (Å²) in [6, 6.07) is 0. The summed E-state index contributed by atoms with van der Waals surface area (Å²) in [5, 5.41) is 8.87. The van der Waals surface area contributed by atoms with Gasteiger partial charge in [0.15, 0.2) is 5.78 Å². The van der Waals surface area contributed by atoms with Crippen LogP contribution in [0.2, 0.25) is 0 Å². The number of allylic oxidation sites excluding steroid dienone is 2. The van der Waals surface area contributed by atoms with Gasteiger partial charge < -0.3 is 5.11 Å². The van der Waals surface area contributed by atoms with Gasteiger partial charge >= 0.3 is 5.97 Å². The van der Waals surface area contributed by atoms with E-state index in [1.807, 2.05) is 0 Å². The SMILES string of the molecule is O=C(O)[C@@H]1C=CC=C(CN2CCCC2)C1=O. The van der Waals surface area contributed by atoms with Crippen molar-refractivity contribution < 1.29 is 14.7 Å². The van der Waals surface area contributed by atoms with E-state index in [2.05, 4.69) is 4.90 Å². The molecule has 1 aliphatic heterocycles. The quantitative estimate of drug-likeness (QED) is 0.718. The monoisotopic (exact) mass is 221 g/mol. The van der Waals surface area contributed by atoms with E-state index in [0.717, 1.165) is 13.1 Å². The second kappa shape index (κ2) is 4.61. The molecule has 1 fully saturated rings. The standard InChI is InChI=1S/C12H15NO3/c14-11-9(8-13-6-1-2-7-13)4-3-5-10(11)12(15)16/h3-5,10H,1-2,6-8H2,(H,15,16)/t10-/m1/s1. The van der Waals surface area contributed by atoms with E-state index < -0.39 is 11.9 Å². The number of carbonyl (C=O) groups is 2. The maximum absolute atomic E-state index is 11.8. The third-order valence-corrected chi connectivity index (χ3v) is 3.06. The third-order valence-electron chi connectivity index (χ3n) is 3.06. The third kappa shape index (κ3) is 2.22. The molecule has 1 aliphatic carbocycles. The lowest BCUT2D eigenvalue weighted by molar-refractivity contribution is -0.143. The molecule has 4 heteroatoms. The molecule has 0 spiro atoms. The van der Waals surface area contributed by atoms with Crippen molar-refractivity contribution in [3.8, 4) is 0 Å². The van der Waals surface area contributed by atoms with Crippen LogP contribution < -0.4 is 0 Å². The van der Waals surface area contributed by atoms with Crippen LogP contribution in [-0.2, 0) is 9.59 Å². The molecule has 0 aromatic rings. The van der Waals surface area contributed by atoms with E-state index in [1.165, 1.54) is 18.9 Å². The molecule has 1 heterocycles. The van der Waals surface area contributed by atoms with Crippen molar-refractivity contribution >= 4 is 11.8 Å². The van der Waals surface area contributed by atoms with E-state index in [1.54, 1.807) is 12.2 Å². The van der Waals surface area contributed by atoms with Crippen LogP contribution in [0, 0.1) is 5.92 Å². The Bertz CT molecular complexity index is 364. The number of ketones is 1. The van der Waals surface area contributed by atoms with E-state index in [-0.39, 0.29) is 5.78 Å². The zero-order valence-electron chi connectivity index (χ0n) is 9.06. The molecule has 1 N–H and O–H groups in total. The molecule has 2 rings (SSSR count). The number of likely N-dealkylation sites (tertiary alicyclic amines) is 1. The Kier molecular flexibility index (Phi) is 3.19. The molecule has 0 unspecified atom stereocenters. The van der Waals surface area contributed by atoms with Crippen molar-refractivity contribution in [3.05, 3.63) is 23.8 Å². The fourth-order valence-electron chi connectivity index (χ4n) is 2.16. The normalized spacial score (nSPS) is 25.9. The Morgan fingerprint density at radius 1 is 1.44 bits per heavy atom. The molecule has 0 saturated carbocycles. The van der Waals surface area contributed by atoms with Crippen molar-refractivity contribution in [1.29, 1.82) is 0 Å². The molecule has 0 amide bonds. The van der Waals surface area contributed by atoms with Gasteiger partial charge in [0.1, 0.15) is 5.92 Å². The van der Waals surface area contributed by atoms with Crippen LogP contribution >= 0.6 is 0 Å². The lowest BCUT2D eigenvalue weighted by Gasteiger charge is -2.19. The summed E-state index contributed by atoms with van der Waals surface area (Å²) in [6.45, 7) is 2.60. The first kappa shape index (κ1) is 11.1. The number of carboxylic acids is 1. The fourth-order valence-corrected chi connectivity index (χ4v) is 2.16. The number of hydrogen-bond donors (Lipinski definition) is 1. The van der Waals surface area contributed by atoms with Crippen LogP contribution in [0.25, 0.3) is 0 Å². The predicted octanol–water partition coefficient (Wildman–Crippen LogP) is 0.848. The van der Waals surface area contributed by atoms with Crippen molar-refractivity contribution in [2.24, 2.45) is 5.92 Å². The van der Waals surface area contributed by atoms with Crippen LogP contribution in [0.5, 0.6) is 0 Å². The molecular weight excluding hydrogens is 206 g/mol. The Balaban J connectivity index is 2.04. The summed E-state index contributed by atoms with van der Waals surface area (Å²) in [5.74, 6) is -2.31. The lowest BCUT2D eigenvalue weighted by Crippen LogP contribution is -2.31. The number of rotatable bonds is 3. The summed E-state index contributed by atoms with van der Waals surface area (Å²) in [7, 11) is 0. The van der Waals surface area contributed by atoms with Gasteiger partial charge in [-0.15, -0.1) is 0 Å². The summed E-state index contributed by atoms with van der Waals surface area (Å²) >= 11 is 0. The number of nitrogens with zero attached hydrogens (tertiary/aromatic N) is 1. The van der Waals surface area contributed by atoms with E-state index in [4.69, 9.17) is 5.11 Å². The molecule has 16 heavy (non-hydrogen) atoms. The first-order chi connectivity index (χ1) is 7.68. The molecule has 0 aromatic heterocycles. The highest BCUT2D eigenvalue weighted by Crippen LogP contribution is 2.18. The average Bonchev–Trinajstić information content (AvgIpc) is 2.73. The number of hydrogen-bond acceptors (Lipinski definition) is 3. The molecule has 1 atom stereocenters. The van der Waals surface area contributed by atoms with Gasteiger partial charge in [0.2, 0.25) is 0 Å². The minimum atomic E-state index is -1.06. The molecule has 0 radical (unpaired) electrons. The van der Waals surface area contributed by atoms with E-state index in [9.17, 15) is 9.59 Å². The van der Waals surface area contributed by atoms with Crippen molar-refractivity contribution in [2.45, 2.75) is 12.8 Å². The van der Waals surface area contributed by atoms with E-state index in [0.29, 0.717) is 12.1 Å². The Morgan fingerprint density at radius 2 is 2.12 bits per heavy atom. The molecular formula is C12H15NO3. The summed E-state index contributed by atoms with van der Waals surface area (Å²) in [5.41, 5.74) is 0.622. The fraction of sp³-hybridized carbons (Fsp3) is 0.500. The van der Waals surface area contributed by atoms with Gasteiger partial charge in [0.05, 0.1) is 0 Å². The van der Waals surface area contributed by atoms with Gasteiger partial charge in [-0.1, -0.05) is 18.2 Å². The number of carbonyl (C=O) groups excluding carboxylic acids is 1. The second-order valence-corrected chi connectivity index (χ2v) is 4.24. The van der Waals surface area contributed by atoms with Gasteiger partial charge in [0.25, 0.3) is 0 Å².